The van der Waals surface area contributed by atoms with Crippen molar-refractivity contribution >= 4 is 39.1 Å². The quantitative estimate of drug-likeness (QED) is 0.629. The first-order valence-corrected chi connectivity index (χ1v) is 11.6. The summed E-state index contributed by atoms with van der Waals surface area (Å²) in [7, 11) is -3.77. The summed E-state index contributed by atoms with van der Waals surface area (Å²) in [6.07, 6.45) is 2.19. The van der Waals surface area contributed by atoms with Crippen LogP contribution in [0.15, 0.2) is 27.6 Å². The fourth-order valence-corrected chi connectivity index (χ4v) is 5.24. The van der Waals surface area contributed by atoms with E-state index in [0.29, 0.717) is 50.5 Å². The van der Waals surface area contributed by atoms with Gasteiger partial charge in [-0.05, 0) is 18.6 Å². The van der Waals surface area contributed by atoms with Gasteiger partial charge in [0.1, 0.15) is 4.90 Å². The van der Waals surface area contributed by atoms with Crippen molar-refractivity contribution in [3.05, 3.63) is 40.0 Å². The summed E-state index contributed by atoms with van der Waals surface area (Å²) < 4.78 is 32.1. The van der Waals surface area contributed by atoms with Gasteiger partial charge in [0.2, 0.25) is 21.8 Å². The van der Waals surface area contributed by atoms with Crippen molar-refractivity contribution in [2.24, 2.45) is 0 Å². The number of halogens is 2. The molecule has 2 aromatic rings. The van der Waals surface area contributed by atoms with Gasteiger partial charge in [0.05, 0.1) is 10.0 Å². The first-order chi connectivity index (χ1) is 13.8. The van der Waals surface area contributed by atoms with Gasteiger partial charge < -0.3 is 9.42 Å². The summed E-state index contributed by atoms with van der Waals surface area (Å²) in [4.78, 5) is 18.3. The molecule has 0 atom stereocenters. The Kier molecular flexibility index (Phi) is 7.15. The molecule has 0 bridgehead atoms. The molecule has 29 heavy (non-hydrogen) atoms. The minimum absolute atomic E-state index is 0.0138. The van der Waals surface area contributed by atoms with Gasteiger partial charge in [0, 0.05) is 45.4 Å². The molecule has 2 heterocycles. The van der Waals surface area contributed by atoms with Crippen LogP contribution in [0.25, 0.3) is 0 Å². The van der Waals surface area contributed by atoms with Gasteiger partial charge in [0.25, 0.3) is 0 Å². The van der Waals surface area contributed by atoms with Crippen molar-refractivity contribution in [3.63, 3.8) is 0 Å². The second-order valence-corrected chi connectivity index (χ2v) is 9.34. The van der Waals surface area contributed by atoms with Crippen molar-refractivity contribution in [1.29, 1.82) is 0 Å². The lowest BCUT2D eigenvalue weighted by atomic mass is 10.2. The molecule has 0 spiro atoms. The fourth-order valence-electron chi connectivity index (χ4n) is 3.08. The van der Waals surface area contributed by atoms with Crippen LogP contribution in [0.1, 0.15) is 31.5 Å². The predicted molar refractivity (Wildman–Crippen MR) is 108 cm³/mol. The highest BCUT2D eigenvalue weighted by Gasteiger charge is 2.31. The van der Waals surface area contributed by atoms with E-state index in [1.54, 1.807) is 11.0 Å². The molecule has 0 radical (unpaired) electrons. The molecule has 0 aliphatic carbocycles. The summed E-state index contributed by atoms with van der Waals surface area (Å²) >= 11 is 12.0. The highest BCUT2D eigenvalue weighted by molar-refractivity contribution is 7.89. The Balaban J connectivity index is 1.51. The highest BCUT2D eigenvalue weighted by atomic mass is 35.5. The topological polar surface area (TPSA) is 96.6 Å². The Hall–Kier alpha value is -1.68. The summed E-state index contributed by atoms with van der Waals surface area (Å²) in [5, 5.41) is 4.03. The van der Waals surface area contributed by atoms with Crippen LogP contribution in [0.3, 0.4) is 0 Å². The summed E-state index contributed by atoms with van der Waals surface area (Å²) in [6, 6.07) is 4.52. The van der Waals surface area contributed by atoms with E-state index in [1.807, 2.05) is 6.92 Å². The summed E-state index contributed by atoms with van der Waals surface area (Å²) in [5.74, 6) is 1.17. The molecule has 1 saturated heterocycles. The van der Waals surface area contributed by atoms with E-state index >= 15 is 0 Å². The number of rotatable bonds is 7. The lowest BCUT2D eigenvalue weighted by Crippen LogP contribution is -2.50. The maximum absolute atomic E-state index is 12.8. The van der Waals surface area contributed by atoms with Crippen molar-refractivity contribution in [1.82, 2.24) is 19.3 Å². The number of nitrogens with zero attached hydrogens (tertiary/aromatic N) is 4. The largest absolute Gasteiger partial charge is 0.340 e. The molecule has 1 aromatic heterocycles. The lowest BCUT2D eigenvalue weighted by molar-refractivity contribution is -0.132. The van der Waals surface area contributed by atoms with Crippen LogP contribution < -0.4 is 0 Å². The van der Waals surface area contributed by atoms with Crippen LogP contribution in [-0.2, 0) is 27.7 Å². The summed E-state index contributed by atoms with van der Waals surface area (Å²) in [5.41, 5.74) is 0. The highest BCUT2D eigenvalue weighted by Crippen LogP contribution is 2.31. The molecule has 1 fully saturated rings. The van der Waals surface area contributed by atoms with Gasteiger partial charge in [-0.1, -0.05) is 41.3 Å². The first kappa shape index (κ1) is 22.0. The number of amides is 1. The maximum atomic E-state index is 12.8. The third-order valence-electron chi connectivity index (χ3n) is 4.73. The fraction of sp³-hybridized carbons (Fsp3) is 0.500. The van der Waals surface area contributed by atoms with E-state index < -0.39 is 10.0 Å². The third-order valence-corrected chi connectivity index (χ3v) is 7.60. The predicted octanol–water partition coefficient (Wildman–Crippen LogP) is 2.79. The Morgan fingerprint density at radius 1 is 1.21 bits per heavy atom. The Bertz CT molecular complexity index is 972. The number of hydrogen-bond donors (Lipinski definition) is 0. The number of piperazine rings is 1. The molecule has 0 unspecified atom stereocenters. The smallest absolute Gasteiger partial charge is 0.244 e. The van der Waals surface area contributed by atoms with Gasteiger partial charge in [-0.2, -0.15) is 9.29 Å². The van der Waals surface area contributed by atoms with Crippen molar-refractivity contribution in [2.45, 2.75) is 37.5 Å². The average molecular weight is 461 g/mol. The molecule has 1 aliphatic heterocycles. The monoisotopic (exact) mass is 460 g/mol. The number of sulfonamides is 1. The van der Waals surface area contributed by atoms with Crippen LogP contribution in [0.5, 0.6) is 0 Å². The van der Waals surface area contributed by atoms with E-state index in [9.17, 15) is 13.2 Å². The van der Waals surface area contributed by atoms with E-state index in [1.165, 1.54) is 16.4 Å². The standard InChI is InChI=1S/C18H22Cl2N4O4S/c1-2-15-21-16(28-22-15)7-4-8-17(25)23-9-11-24(12-10-23)29(26,27)14-6-3-5-13(19)18(14)20/h3,5-6H,2,4,7-12H2,1H3. The number of benzene rings is 1. The number of carbonyl (C=O) groups is 1. The molecule has 8 nitrogen and oxygen atoms in total. The molecule has 0 N–H and O–H groups in total. The van der Waals surface area contributed by atoms with Gasteiger partial charge in [0.15, 0.2) is 5.82 Å². The number of aromatic nitrogens is 2. The normalized spacial score (nSPS) is 15.6. The maximum Gasteiger partial charge on any atom is 0.244 e. The van der Waals surface area contributed by atoms with E-state index in [2.05, 4.69) is 10.1 Å². The third kappa shape index (κ3) is 5.09. The molecule has 3 rings (SSSR count). The molecule has 1 aliphatic rings. The van der Waals surface area contributed by atoms with Crippen LogP contribution in [0.2, 0.25) is 10.0 Å². The van der Waals surface area contributed by atoms with Crippen LogP contribution >= 0.6 is 23.2 Å². The van der Waals surface area contributed by atoms with Crippen LogP contribution in [0, 0.1) is 0 Å². The minimum Gasteiger partial charge on any atom is -0.340 e. The number of hydrogen-bond acceptors (Lipinski definition) is 6. The number of carbonyl (C=O) groups excluding carboxylic acids is 1. The first-order valence-electron chi connectivity index (χ1n) is 9.36. The Morgan fingerprint density at radius 2 is 1.93 bits per heavy atom. The minimum atomic E-state index is -3.77. The van der Waals surface area contributed by atoms with E-state index in [-0.39, 0.29) is 33.9 Å². The van der Waals surface area contributed by atoms with E-state index in [4.69, 9.17) is 27.7 Å². The van der Waals surface area contributed by atoms with Crippen LogP contribution in [-0.4, -0.2) is 59.8 Å². The van der Waals surface area contributed by atoms with Crippen molar-refractivity contribution in [3.8, 4) is 0 Å². The second-order valence-electron chi connectivity index (χ2n) is 6.65. The average Bonchev–Trinajstić information content (AvgIpc) is 3.18. The second kappa shape index (κ2) is 9.42. The Morgan fingerprint density at radius 3 is 2.59 bits per heavy atom. The van der Waals surface area contributed by atoms with E-state index in [0.717, 1.165) is 0 Å². The molecular weight excluding hydrogens is 439 g/mol. The zero-order valence-corrected chi connectivity index (χ0v) is 18.3. The van der Waals surface area contributed by atoms with Gasteiger partial charge >= 0.3 is 0 Å². The molecule has 1 amide bonds. The molecule has 11 heteroatoms. The summed E-state index contributed by atoms with van der Waals surface area (Å²) in [6.45, 7) is 3.02. The zero-order chi connectivity index (χ0) is 21.0. The molecule has 0 saturated carbocycles. The van der Waals surface area contributed by atoms with Gasteiger partial charge in [-0.15, -0.1) is 0 Å². The molecular formula is C18H22Cl2N4O4S. The lowest BCUT2D eigenvalue weighted by Gasteiger charge is -2.34. The molecule has 158 valence electrons. The zero-order valence-electron chi connectivity index (χ0n) is 16.0. The van der Waals surface area contributed by atoms with Gasteiger partial charge in [-0.25, -0.2) is 8.42 Å². The Labute approximate surface area is 179 Å². The number of aryl methyl sites for hydroxylation is 2. The SMILES string of the molecule is CCc1noc(CCCC(=O)N2CCN(S(=O)(=O)c3cccc(Cl)c3Cl)CC2)n1. The van der Waals surface area contributed by atoms with Crippen molar-refractivity contribution in [2.75, 3.05) is 26.2 Å². The van der Waals surface area contributed by atoms with Crippen LogP contribution in [0.4, 0.5) is 0 Å². The van der Waals surface area contributed by atoms with Gasteiger partial charge in [-0.3, -0.25) is 4.79 Å². The van der Waals surface area contributed by atoms with Crippen molar-refractivity contribution < 1.29 is 17.7 Å². The molecule has 1 aromatic carbocycles.